The third kappa shape index (κ3) is 6.00. The molecule has 0 radical (unpaired) electrons. The molecule has 0 saturated heterocycles. The third-order valence-electron chi connectivity index (χ3n) is 2.19. The first-order valence-corrected chi connectivity index (χ1v) is 5.76. The first kappa shape index (κ1) is 16.9. The van der Waals surface area contributed by atoms with Gasteiger partial charge in [-0.25, -0.2) is 0 Å². The minimum atomic E-state index is -0.509. The Labute approximate surface area is 114 Å². The van der Waals surface area contributed by atoms with Crippen molar-refractivity contribution >= 4 is 24.0 Å². The Bertz CT molecular complexity index is 381. The highest BCUT2D eigenvalue weighted by Gasteiger charge is 2.07. The molecule has 4 nitrogen and oxygen atoms in total. The van der Waals surface area contributed by atoms with Crippen molar-refractivity contribution in [3.63, 3.8) is 0 Å². The van der Waals surface area contributed by atoms with E-state index in [1.165, 1.54) is 0 Å². The van der Waals surface area contributed by atoms with Gasteiger partial charge in [-0.1, -0.05) is 12.1 Å². The highest BCUT2D eigenvalue weighted by molar-refractivity contribution is 5.94. The van der Waals surface area contributed by atoms with E-state index in [-0.39, 0.29) is 24.4 Å². The molecule has 0 aliphatic heterocycles. The average molecular weight is 273 g/mol. The van der Waals surface area contributed by atoms with Crippen molar-refractivity contribution in [1.29, 1.82) is 0 Å². The molecule has 1 aromatic carbocycles. The Morgan fingerprint density at radius 3 is 2.61 bits per heavy atom. The zero-order chi connectivity index (χ0) is 12.8. The summed E-state index contributed by atoms with van der Waals surface area (Å²) in [5.74, 6) is -0.188. The van der Waals surface area contributed by atoms with Crippen LogP contribution in [0.15, 0.2) is 24.3 Å². The van der Waals surface area contributed by atoms with Gasteiger partial charge in [-0.2, -0.15) is 0 Å². The van der Waals surface area contributed by atoms with Crippen LogP contribution in [0, 0.1) is 0 Å². The van der Waals surface area contributed by atoms with Gasteiger partial charge < -0.3 is 15.8 Å². The number of carbonyl (C=O) groups excluding carboxylic acids is 1. The molecule has 0 unspecified atom stereocenters. The number of hydrogen-bond acceptors (Lipinski definition) is 3. The van der Waals surface area contributed by atoms with Gasteiger partial charge in [0.1, 0.15) is 0 Å². The van der Waals surface area contributed by atoms with Crippen LogP contribution in [0.1, 0.15) is 26.3 Å². The van der Waals surface area contributed by atoms with Crippen molar-refractivity contribution in [2.24, 2.45) is 5.73 Å². The van der Waals surface area contributed by atoms with Crippen LogP contribution in [-0.4, -0.2) is 18.1 Å². The lowest BCUT2D eigenvalue weighted by Gasteiger charge is -2.11. The molecule has 1 aromatic rings. The van der Waals surface area contributed by atoms with Gasteiger partial charge in [0.2, 0.25) is 5.91 Å². The molecule has 18 heavy (non-hydrogen) atoms. The molecule has 0 aromatic heterocycles. The lowest BCUT2D eigenvalue weighted by atomic mass is 10.2. The second kappa shape index (κ2) is 8.08. The normalized spacial score (nSPS) is 11.8. The predicted octanol–water partition coefficient (Wildman–Crippen LogP) is 2.32. The van der Waals surface area contributed by atoms with Crippen LogP contribution in [0.25, 0.3) is 0 Å². The van der Waals surface area contributed by atoms with Gasteiger partial charge in [-0.15, -0.1) is 12.4 Å². The van der Waals surface area contributed by atoms with Gasteiger partial charge in [-0.05, 0) is 38.5 Å². The summed E-state index contributed by atoms with van der Waals surface area (Å²) >= 11 is 0. The fourth-order valence-electron chi connectivity index (χ4n) is 1.26. The number of nitrogens with one attached hydrogen (secondary N) is 1. The summed E-state index contributed by atoms with van der Waals surface area (Å²) in [6, 6.07) is 7.06. The topological polar surface area (TPSA) is 64.3 Å². The minimum absolute atomic E-state index is 0. The Balaban J connectivity index is 0.00000289. The molecule has 3 N–H and O–H groups in total. The van der Waals surface area contributed by atoms with Crippen molar-refractivity contribution in [2.45, 2.75) is 39.5 Å². The van der Waals surface area contributed by atoms with E-state index in [0.717, 1.165) is 11.3 Å². The number of nitrogens with two attached hydrogens (primary N) is 1. The second-order valence-corrected chi connectivity index (χ2v) is 4.34. The quantitative estimate of drug-likeness (QED) is 0.865. The van der Waals surface area contributed by atoms with Crippen molar-refractivity contribution < 1.29 is 9.53 Å². The molecule has 0 bridgehead atoms. The van der Waals surface area contributed by atoms with E-state index < -0.39 is 6.04 Å². The Morgan fingerprint density at radius 2 is 2.06 bits per heavy atom. The highest BCUT2D eigenvalue weighted by Crippen LogP contribution is 2.12. The van der Waals surface area contributed by atoms with Crippen molar-refractivity contribution in [3.05, 3.63) is 29.8 Å². The smallest absolute Gasteiger partial charge is 0.240 e. The second-order valence-electron chi connectivity index (χ2n) is 4.34. The SMILES string of the molecule is CC(C)OCc1cccc(NC(=O)[C@H](C)N)c1.Cl. The van der Waals surface area contributed by atoms with Crippen molar-refractivity contribution in [2.75, 3.05) is 5.32 Å². The Hall–Kier alpha value is -1.10. The zero-order valence-corrected chi connectivity index (χ0v) is 11.8. The number of benzene rings is 1. The van der Waals surface area contributed by atoms with Crippen LogP contribution in [0.5, 0.6) is 0 Å². The number of amides is 1. The number of halogens is 1. The Kier molecular flexibility index (Phi) is 7.59. The molecule has 0 heterocycles. The summed E-state index contributed by atoms with van der Waals surface area (Å²) in [6.07, 6.45) is 0.192. The van der Waals surface area contributed by atoms with Crippen LogP contribution < -0.4 is 11.1 Å². The molecule has 1 atom stereocenters. The van der Waals surface area contributed by atoms with E-state index in [1.54, 1.807) is 6.92 Å². The van der Waals surface area contributed by atoms with Gasteiger partial charge in [0.05, 0.1) is 18.8 Å². The zero-order valence-electron chi connectivity index (χ0n) is 11.0. The number of ether oxygens (including phenoxy) is 1. The molecule has 0 saturated carbocycles. The number of hydrogen-bond donors (Lipinski definition) is 2. The molecule has 5 heteroatoms. The molecule has 102 valence electrons. The number of anilines is 1. The van der Waals surface area contributed by atoms with Crippen LogP contribution in [0.2, 0.25) is 0 Å². The fourth-order valence-corrected chi connectivity index (χ4v) is 1.26. The predicted molar refractivity (Wildman–Crippen MR) is 75.9 cm³/mol. The molecular weight excluding hydrogens is 252 g/mol. The number of carbonyl (C=O) groups is 1. The lowest BCUT2D eigenvalue weighted by molar-refractivity contribution is -0.117. The van der Waals surface area contributed by atoms with Gasteiger partial charge >= 0.3 is 0 Å². The van der Waals surface area contributed by atoms with E-state index >= 15 is 0 Å². The minimum Gasteiger partial charge on any atom is -0.374 e. The van der Waals surface area contributed by atoms with Gasteiger partial charge in [0.15, 0.2) is 0 Å². The van der Waals surface area contributed by atoms with E-state index in [1.807, 2.05) is 38.1 Å². The molecule has 0 spiro atoms. The van der Waals surface area contributed by atoms with Gasteiger partial charge in [-0.3, -0.25) is 4.79 Å². The summed E-state index contributed by atoms with van der Waals surface area (Å²) in [6.45, 7) is 6.17. The van der Waals surface area contributed by atoms with Crippen LogP contribution in [0.4, 0.5) is 5.69 Å². The van der Waals surface area contributed by atoms with Gasteiger partial charge in [0, 0.05) is 5.69 Å². The fraction of sp³-hybridized carbons (Fsp3) is 0.462. The summed E-state index contributed by atoms with van der Waals surface area (Å²) in [5, 5.41) is 2.75. The summed E-state index contributed by atoms with van der Waals surface area (Å²) in [5.41, 5.74) is 7.26. The van der Waals surface area contributed by atoms with Crippen LogP contribution in [-0.2, 0) is 16.1 Å². The molecular formula is C13H21ClN2O2. The summed E-state index contributed by atoms with van der Waals surface area (Å²) < 4.78 is 5.50. The first-order valence-electron chi connectivity index (χ1n) is 5.76. The number of rotatable bonds is 5. The standard InChI is InChI=1S/C13H20N2O2.ClH/c1-9(2)17-8-11-5-4-6-12(7-11)15-13(16)10(3)14;/h4-7,9-10H,8,14H2,1-3H3,(H,15,16);1H/t10-;/m0./s1. The van der Waals surface area contributed by atoms with E-state index in [0.29, 0.717) is 6.61 Å². The monoisotopic (exact) mass is 272 g/mol. The Morgan fingerprint density at radius 1 is 1.39 bits per heavy atom. The molecule has 0 fully saturated rings. The molecule has 1 rings (SSSR count). The van der Waals surface area contributed by atoms with Crippen LogP contribution in [0.3, 0.4) is 0 Å². The van der Waals surface area contributed by atoms with E-state index in [2.05, 4.69) is 5.32 Å². The molecule has 0 aliphatic rings. The van der Waals surface area contributed by atoms with E-state index in [9.17, 15) is 4.79 Å². The molecule has 1 amide bonds. The first-order chi connectivity index (χ1) is 7.99. The maximum atomic E-state index is 11.4. The average Bonchev–Trinajstić information content (AvgIpc) is 2.26. The van der Waals surface area contributed by atoms with Crippen molar-refractivity contribution in [3.8, 4) is 0 Å². The third-order valence-corrected chi connectivity index (χ3v) is 2.19. The maximum Gasteiger partial charge on any atom is 0.240 e. The van der Waals surface area contributed by atoms with Crippen molar-refractivity contribution in [1.82, 2.24) is 0 Å². The highest BCUT2D eigenvalue weighted by atomic mass is 35.5. The largest absolute Gasteiger partial charge is 0.374 e. The summed E-state index contributed by atoms with van der Waals surface area (Å²) in [4.78, 5) is 11.4. The lowest BCUT2D eigenvalue weighted by Crippen LogP contribution is -2.32. The van der Waals surface area contributed by atoms with Gasteiger partial charge in [0.25, 0.3) is 0 Å². The molecule has 0 aliphatic carbocycles. The van der Waals surface area contributed by atoms with Crippen LogP contribution >= 0.6 is 12.4 Å². The summed E-state index contributed by atoms with van der Waals surface area (Å²) in [7, 11) is 0. The van der Waals surface area contributed by atoms with E-state index in [4.69, 9.17) is 10.5 Å². The maximum absolute atomic E-state index is 11.4.